The minimum Gasteiger partial charge on any atom is -0.347 e. The zero-order chi connectivity index (χ0) is 16.7. The number of fused-ring (bicyclic) bond motifs is 3. The highest BCUT2D eigenvalue weighted by molar-refractivity contribution is 7.17. The molecule has 0 fully saturated rings. The van der Waals surface area contributed by atoms with Crippen LogP contribution in [0.25, 0.3) is 10.4 Å². The summed E-state index contributed by atoms with van der Waals surface area (Å²) < 4.78 is 0. The molecular formula is C19H19N3OS. The lowest BCUT2D eigenvalue weighted by molar-refractivity contribution is 0.0954. The van der Waals surface area contributed by atoms with Crippen LogP contribution in [0.1, 0.15) is 40.3 Å². The molecule has 2 aromatic heterocycles. The van der Waals surface area contributed by atoms with Gasteiger partial charge in [0, 0.05) is 11.1 Å². The number of rotatable bonds is 3. The van der Waals surface area contributed by atoms with E-state index in [1.54, 1.807) is 23.9 Å². The number of carbonyl (C=O) groups is 1. The number of amides is 1. The van der Waals surface area contributed by atoms with Crippen LogP contribution in [-0.2, 0) is 18.4 Å². The molecule has 1 aliphatic rings. The van der Waals surface area contributed by atoms with Crippen molar-refractivity contribution in [3.05, 3.63) is 64.6 Å². The lowest BCUT2D eigenvalue weighted by Gasteiger charge is -2.32. The fraction of sp³-hybridized carbons (Fsp3) is 0.263. The molecule has 1 amide bonds. The molecule has 3 aromatic rings. The summed E-state index contributed by atoms with van der Waals surface area (Å²) in [6.45, 7) is 5.00. The monoisotopic (exact) mass is 337 g/mol. The Bertz CT molecular complexity index is 893. The van der Waals surface area contributed by atoms with Gasteiger partial charge in [-0.1, -0.05) is 38.1 Å². The molecule has 122 valence electrons. The van der Waals surface area contributed by atoms with E-state index in [-0.39, 0.29) is 11.3 Å². The van der Waals surface area contributed by atoms with Crippen molar-refractivity contribution in [3.63, 3.8) is 0 Å². The van der Waals surface area contributed by atoms with Crippen molar-refractivity contribution in [2.24, 2.45) is 0 Å². The van der Waals surface area contributed by atoms with E-state index < -0.39 is 0 Å². The van der Waals surface area contributed by atoms with E-state index in [0.29, 0.717) is 6.54 Å². The van der Waals surface area contributed by atoms with Crippen LogP contribution in [0.5, 0.6) is 0 Å². The van der Waals surface area contributed by atoms with Crippen LogP contribution in [-0.4, -0.2) is 15.9 Å². The quantitative estimate of drug-likeness (QED) is 0.761. The predicted molar refractivity (Wildman–Crippen MR) is 96.2 cm³/mol. The van der Waals surface area contributed by atoms with E-state index in [9.17, 15) is 4.79 Å². The maximum Gasteiger partial charge on any atom is 0.261 e. The molecule has 0 bridgehead atoms. The van der Waals surface area contributed by atoms with Crippen LogP contribution >= 0.6 is 11.3 Å². The number of hydrogen-bond acceptors (Lipinski definition) is 3. The van der Waals surface area contributed by atoms with Crippen LogP contribution in [0.3, 0.4) is 0 Å². The molecular weight excluding hydrogens is 318 g/mol. The summed E-state index contributed by atoms with van der Waals surface area (Å²) in [4.78, 5) is 21.5. The van der Waals surface area contributed by atoms with Crippen LogP contribution in [0, 0.1) is 0 Å². The van der Waals surface area contributed by atoms with Crippen molar-refractivity contribution in [2.75, 3.05) is 0 Å². The Morgan fingerprint density at radius 3 is 3.00 bits per heavy atom. The van der Waals surface area contributed by atoms with Gasteiger partial charge in [-0.2, -0.15) is 0 Å². The molecule has 0 atom stereocenters. The third-order valence-electron chi connectivity index (χ3n) is 4.56. The van der Waals surface area contributed by atoms with Crippen molar-refractivity contribution >= 4 is 17.2 Å². The number of benzene rings is 1. The number of carbonyl (C=O) groups excluding carboxylic acids is 1. The molecule has 0 radical (unpaired) electrons. The zero-order valence-electron chi connectivity index (χ0n) is 13.7. The van der Waals surface area contributed by atoms with Crippen molar-refractivity contribution in [2.45, 2.75) is 32.2 Å². The van der Waals surface area contributed by atoms with E-state index in [1.165, 1.54) is 21.6 Å². The molecule has 0 aliphatic heterocycles. The van der Waals surface area contributed by atoms with Gasteiger partial charge in [0.2, 0.25) is 0 Å². The molecule has 4 nitrogen and oxygen atoms in total. The van der Waals surface area contributed by atoms with Gasteiger partial charge < -0.3 is 10.3 Å². The molecule has 5 heteroatoms. The number of nitrogens with zero attached hydrogens (tertiary/aromatic N) is 1. The summed E-state index contributed by atoms with van der Waals surface area (Å²) in [5.74, 6) is -0.0284. The summed E-state index contributed by atoms with van der Waals surface area (Å²) in [5, 5.41) is 2.96. The van der Waals surface area contributed by atoms with Gasteiger partial charge in [0.1, 0.15) is 0 Å². The minimum absolute atomic E-state index is 0.0284. The average Bonchev–Trinajstić information content (AvgIpc) is 3.21. The lowest BCUT2D eigenvalue weighted by atomic mass is 9.73. The molecule has 4 rings (SSSR count). The van der Waals surface area contributed by atoms with Gasteiger partial charge >= 0.3 is 0 Å². The highest BCUT2D eigenvalue weighted by atomic mass is 32.1. The predicted octanol–water partition coefficient (Wildman–Crippen LogP) is 3.90. The first-order valence-corrected chi connectivity index (χ1v) is 8.84. The number of imidazole rings is 1. The number of H-pyrrole nitrogens is 1. The van der Waals surface area contributed by atoms with E-state index in [2.05, 4.69) is 59.5 Å². The van der Waals surface area contributed by atoms with E-state index >= 15 is 0 Å². The van der Waals surface area contributed by atoms with E-state index in [4.69, 9.17) is 0 Å². The van der Waals surface area contributed by atoms with Crippen LogP contribution in [0.15, 0.2) is 42.9 Å². The van der Waals surface area contributed by atoms with Gasteiger partial charge in [-0.15, -0.1) is 11.3 Å². The Morgan fingerprint density at radius 2 is 2.21 bits per heavy atom. The van der Waals surface area contributed by atoms with E-state index in [0.717, 1.165) is 17.0 Å². The number of hydrogen-bond donors (Lipinski definition) is 2. The van der Waals surface area contributed by atoms with Gasteiger partial charge in [-0.25, -0.2) is 4.98 Å². The maximum atomic E-state index is 12.5. The summed E-state index contributed by atoms with van der Waals surface area (Å²) in [7, 11) is 0. The first-order valence-electron chi connectivity index (χ1n) is 8.03. The van der Waals surface area contributed by atoms with Crippen molar-refractivity contribution in [3.8, 4) is 10.4 Å². The Kier molecular flexibility index (Phi) is 3.53. The Labute approximate surface area is 145 Å². The Balaban J connectivity index is 1.64. The lowest BCUT2D eigenvalue weighted by Crippen LogP contribution is -2.24. The summed E-state index contributed by atoms with van der Waals surface area (Å²) in [6, 6.07) is 10.6. The second-order valence-electron chi connectivity index (χ2n) is 6.83. The third kappa shape index (κ3) is 2.55. The molecule has 2 heterocycles. The zero-order valence-corrected chi connectivity index (χ0v) is 14.5. The molecule has 0 spiro atoms. The normalized spacial score (nSPS) is 14.8. The summed E-state index contributed by atoms with van der Waals surface area (Å²) in [6.07, 6.45) is 4.30. The number of thiophene rings is 1. The molecule has 0 unspecified atom stereocenters. The number of aromatic nitrogens is 2. The molecule has 24 heavy (non-hydrogen) atoms. The van der Waals surface area contributed by atoms with Crippen molar-refractivity contribution in [1.29, 1.82) is 0 Å². The average molecular weight is 337 g/mol. The second-order valence-corrected chi connectivity index (χ2v) is 7.88. The molecule has 1 aliphatic carbocycles. The Morgan fingerprint density at radius 1 is 1.38 bits per heavy atom. The van der Waals surface area contributed by atoms with Crippen LogP contribution < -0.4 is 5.32 Å². The largest absolute Gasteiger partial charge is 0.347 e. The topological polar surface area (TPSA) is 57.8 Å². The third-order valence-corrected chi connectivity index (χ3v) is 5.77. The SMILES string of the molecule is CC1(C)Cc2cc(C(=O)NCc3cnc[nH]3)sc2-c2ccccc21. The maximum absolute atomic E-state index is 12.5. The molecule has 0 saturated heterocycles. The smallest absolute Gasteiger partial charge is 0.261 e. The van der Waals surface area contributed by atoms with Crippen LogP contribution in [0.2, 0.25) is 0 Å². The van der Waals surface area contributed by atoms with E-state index in [1.807, 2.05) is 0 Å². The summed E-state index contributed by atoms with van der Waals surface area (Å²) in [5.41, 5.74) is 4.89. The standard InChI is InChI=1S/C19H19N3OS/c1-19(2)8-12-7-16(18(23)21-10-13-9-20-11-22-13)24-17(12)14-5-3-4-6-15(14)19/h3-7,9,11H,8,10H2,1-2H3,(H,20,22)(H,21,23). The fourth-order valence-corrected chi connectivity index (χ4v) is 4.52. The van der Waals surface area contributed by atoms with Gasteiger partial charge in [-0.05, 0) is 34.6 Å². The highest BCUT2D eigenvalue weighted by Crippen LogP contribution is 2.46. The summed E-state index contributed by atoms with van der Waals surface area (Å²) >= 11 is 1.59. The fourth-order valence-electron chi connectivity index (χ4n) is 3.39. The molecule has 1 aromatic carbocycles. The van der Waals surface area contributed by atoms with Crippen molar-refractivity contribution in [1.82, 2.24) is 15.3 Å². The first kappa shape index (κ1) is 15.1. The molecule has 0 saturated carbocycles. The van der Waals surface area contributed by atoms with Crippen molar-refractivity contribution < 1.29 is 4.79 Å². The van der Waals surface area contributed by atoms with Gasteiger partial charge in [0.25, 0.3) is 5.91 Å². The second kappa shape index (κ2) is 5.60. The van der Waals surface area contributed by atoms with Gasteiger partial charge in [-0.3, -0.25) is 4.79 Å². The van der Waals surface area contributed by atoms with Gasteiger partial charge in [0.15, 0.2) is 0 Å². The molecule has 2 N–H and O–H groups in total. The Hall–Kier alpha value is -2.40. The number of aromatic amines is 1. The first-order chi connectivity index (χ1) is 11.5. The van der Waals surface area contributed by atoms with Crippen LogP contribution in [0.4, 0.5) is 0 Å². The highest BCUT2D eigenvalue weighted by Gasteiger charge is 2.32. The number of nitrogens with one attached hydrogen (secondary N) is 2. The minimum atomic E-state index is -0.0284. The van der Waals surface area contributed by atoms with Gasteiger partial charge in [0.05, 0.1) is 23.4 Å².